The minimum Gasteiger partial charge on any atom is -0.503 e. The average molecular weight is 503 g/mol. The number of rotatable bonds is 8. The first-order valence-corrected chi connectivity index (χ1v) is 11.9. The van der Waals surface area contributed by atoms with E-state index in [-0.39, 0.29) is 37.0 Å². The molecule has 10 nitrogen and oxygen atoms in total. The molecule has 0 unspecified atom stereocenters. The molecular formula is C26H34N2O8. The number of para-hydroxylation sites is 1. The summed E-state index contributed by atoms with van der Waals surface area (Å²) >= 11 is 0. The number of hydrogen-bond acceptors (Lipinski definition) is 9. The fourth-order valence-electron chi connectivity index (χ4n) is 3.66. The molecule has 1 aliphatic rings. The minimum atomic E-state index is -1.03. The summed E-state index contributed by atoms with van der Waals surface area (Å²) in [7, 11) is 1.36. The van der Waals surface area contributed by atoms with Crippen molar-refractivity contribution in [3.05, 3.63) is 48.3 Å². The molecule has 1 fully saturated rings. The topological polar surface area (TPSA) is 125 Å². The third-order valence-corrected chi connectivity index (χ3v) is 5.54. The zero-order valence-corrected chi connectivity index (χ0v) is 21.0. The van der Waals surface area contributed by atoms with Crippen LogP contribution in [0.1, 0.15) is 37.7 Å². The normalized spacial score (nSPS) is 23.0. The Bertz CT molecular complexity index is 1000. The van der Waals surface area contributed by atoms with E-state index in [1.165, 1.54) is 19.4 Å². The molecule has 0 radical (unpaired) electrons. The largest absolute Gasteiger partial charge is 0.503 e. The monoisotopic (exact) mass is 502 g/mol. The summed E-state index contributed by atoms with van der Waals surface area (Å²) in [6, 6.07) is 9.58. The molecule has 0 spiro atoms. The molecule has 2 N–H and O–H groups in total. The number of ether oxygens (including phenoxy) is 5. The molecule has 10 heteroatoms. The van der Waals surface area contributed by atoms with Gasteiger partial charge in [-0.1, -0.05) is 32.0 Å². The van der Waals surface area contributed by atoms with Crippen LogP contribution < -0.4 is 14.8 Å². The Kier molecular flexibility index (Phi) is 9.89. The van der Waals surface area contributed by atoms with Gasteiger partial charge in [0.25, 0.3) is 5.91 Å². The molecule has 196 valence electrons. The van der Waals surface area contributed by atoms with E-state index >= 15 is 0 Å². The maximum Gasteiger partial charge on any atom is 0.329 e. The van der Waals surface area contributed by atoms with E-state index in [1.54, 1.807) is 6.92 Å². The maximum atomic E-state index is 13.1. The molecule has 0 saturated carbocycles. The minimum absolute atomic E-state index is 0.0916. The van der Waals surface area contributed by atoms with Crippen LogP contribution in [-0.2, 0) is 19.0 Å². The zero-order chi connectivity index (χ0) is 26.1. The maximum absolute atomic E-state index is 13.1. The van der Waals surface area contributed by atoms with E-state index in [2.05, 4.69) is 10.3 Å². The van der Waals surface area contributed by atoms with Crippen molar-refractivity contribution in [3.63, 3.8) is 0 Å². The van der Waals surface area contributed by atoms with Crippen molar-refractivity contribution < 1.29 is 38.4 Å². The third-order valence-electron chi connectivity index (χ3n) is 5.54. The van der Waals surface area contributed by atoms with E-state index < -0.39 is 42.0 Å². The number of benzene rings is 1. The van der Waals surface area contributed by atoms with Crippen molar-refractivity contribution in [1.82, 2.24) is 10.3 Å². The first-order chi connectivity index (χ1) is 17.3. The molecule has 1 saturated heterocycles. The molecule has 0 aliphatic carbocycles. The highest BCUT2D eigenvalue weighted by atomic mass is 16.6. The van der Waals surface area contributed by atoms with Crippen LogP contribution in [0.3, 0.4) is 0 Å². The van der Waals surface area contributed by atoms with E-state index in [0.717, 1.165) is 0 Å². The van der Waals surface area contributed by atoms with Gasteiger partial charge in [0.1, 0.15) is 24.0 Å². The van der Waals surface area contributed by atoms with Crippen LogP contribution in [0.5, 0.6) is 17.2 Å². The van der Waals surface area contributed by atoms with Gasteiger partial charge in [0.15, 0.2) is 23.3 Å². The van der Waals surface area contributed by atoms with Gasteiger partial charge in [-0.2, -0.15) is 0 Å². The Morgan fingerprint density at radius 1 is 1.25 bits per heavy atom. The van der Waals surface area contributed by atoms with Crippen LogP contribution in [0, 0.1) is 5.92 Å². The SMILES string of the molecule is COc1ccnc(C(=O)N[C@H]2CCOC[C@H](OCC(C)C)[C@@H](Oc3ccccc3)[C@H](C)OC2=O)c1O. The number of esters is 1. The highest BCUT2D eigenvalue weighted by Gasteiger charge is 2.36. The van der Waals surface area contributed by atoms with Crippen LogP contribution >= 0.6 is 0 Å². The second-order valence-electron chi connectivity index (χ2n) is 8.90. The number of carbonyl (C=O) groups excluding carboxylic acids is 2. The predicted molar refractivity (Wildman–Crippen MR) is 130 cm³/mol. The van der Waals surface area contributed by atoms with Gasteiger partial charge in [0, 0.05) is 31.9 Å². The van der Waals surface area contributed by atoms with Gasteiger partial charge in [-0.05, 0) is 25.0 Å². The van der Waals surface area contributed by atoms with Crippen molar-refractivity contribution in [2.24, 2.45) is 5.92 Å². The smallest absolute Gasteiger partial charge is 0.329 e. The van der Waals surface area contributed by atoms with Crippen LogP contribution in [0.25, 0.3) is 0 Å². The summed E-state index contributed by atoms with van der Waals surface area (Å²) in [6.45, 7) is 6.66. The second-order valence-corrected chi connectivity index (χ2v) is 8.90. The van der Waals surface area contributed by atoms with Gasteiger partial charge < -0.3 is 34.1 Å². The molecule has 0 bridgehead atoms. The van der Waals surface area contributed by atoms with Gasteiger partial charge in [0.2, 0.25) is 0 Å². The summed E-state index contributed by atoms with van der Waals surface area (Å²) in [5.74, 6) is -0.839. The fraction of sp³-hybridized carbons (Fsp3) is 0.500. The van der Waals surface area contributed by atoms with E-state index in [1.807, 2.05) is 44.2 Å². The first-order valence-electron chi connectivity index (χ1n) is 11.9. The van der Waals surface area contributed by atoms with Gasteiger partial charge in [0.05, 0.1) is 13.7 Å². The molecule has 1 aliphatic heterocycles. The van der Waals surface area contributed by atoms with Gasteiger partial charge in [-0.3, -0.25) is 4.79 Å². The number of nitrogens with one attached hydrogen (secondary N) is 1. The number of cyclic esters (lactones) is 1. The van der Waals surface area contributed by atoms with Gasteiger partial charge >= 0.3 is 5.97 Å². The third kappa shape index (κ3) is 7.32. The molecule has 36 heavy (non-hydrogen) atoms. The molecule has 1 aromatic heterocycles. The Labute approximate surface area is 210 Å². The van der Waals surface area contributed by atoms with Crippen LogP contribution in [0.4, 0.5) is 0 Å². The lowest BCUT2D eigenvalue weighted by molar-refractivity contribution is -0.167. The van der Waals surface area contributed by atoms with Crippen molar-refractivity contribution in [2.45, 2.75) is 51.5 Å². The van der Waals surface area contributed by atoms with Crippen LogP contribution in [-0.4, -0.2) is 73.3 Å². The summed E-state index contributed by atoms with van der Waals surface area (Å²) in [6.07, 6.45) is -0.386. The number of amides is 1. The zero-order valence-electron chi connectivity index (χ0n) is 21.0. The van der Waals surface area contributed by atoms with Crippen LogP contribution in [0.15, 0.2) is 42.6 Å². The number of pyridine rings is 1. The number of nitrogens with zero attached hydrogens (tertiary/aromatic N) is 1. The van der Waals surface area contributed by atoms with E-state index in [9.17, 15) is 14.7 Å². The average Bonchev–Trinajstić information content (AvgIpc) is 2.86. The highest BCUT2D eigenvalue weighted by molar-refractivity contribution is 5.97. The predicted octanol–water partition coefficient (Wildman–Crippen LogP) is 2.74. The summed E-state index contributed by atoms with van der Waals surface area (Å²) in [5.41, 5.74) is -0.263. The first kappa shape index (κ1) is 27.2. The summed E-state index contributed by atoms with van der Waals surface area (Å²) in [5, 5.41) is 12.8. The molecule has 2 aromatic rings. The Hall–Kier alpha value is -3.37. The Balaban J connectivity index is 1.77. The van der Waals surface area contributed by atoms with E-state index in [4.69, 9.17) is 23.7 Å². The second kappa shape index (κ2) is 13.1. The summed E-state index contributed by atoms with van der Waals surface area (Å²) < 4.78 is 28.9. The molecule has 1 amide bonds. The Morgan fingerprint density at radius 2 is 2.00 bits per heavy atom. The fourth-order valence-corrected chi connectivity index (χ4v) is 3.66. The van der Waals surface area contributed by atoms with Crippen molar-refractivity contribution >= 4 is 11.9 Å². The number of carbonyl (C=O) groups is 2. The number of aromatic hydroxyl groups is 1. The van der Waals surface area contributed by atoms with E-state index in [0.29, 0.717) is 12.4 Å². The summed E-state index contributed by atoms with van der Waals surface area (Å²) in [4.78, 5) is 29.8. The quantitative estimate of drug-likeness (QED) is 0.524. The highest BCUT2D eigenvalue weighted by Crippen LogP contribution is 2.27. The lowest BCUT2D eigenvalue weighted by Crippen LogP contribution is -2.51. The van der Waals surface area contributed by atoms with Crippen molar-refractivity contribution in [2.75, 3.05) is 26.9 Å². The lowest BCUT2D eigenvalue weighted by Gasteiger charge is -2.34. The van der Waals surface area contributed by atoms with Crippen LogP contribution in [0.2, 0.25) is 0 Å². The number of methoxy groups -OCH3 is 1. The molecule has 3 rings (SSSR count). The standard InChI is InChI=1S/C26H34N2O8/c1-16(2)14-34-21-15-33-13-11-19(28-25(30)22-23(29)20(32-4)10-12-27-22)26(31)35-17(3)24(21)36-18-8-6-5-7-9-18/h5-10,12,16-17,19,21,24,29H,11,13-15H2,1-4H3,(H,28,30)/t17-,19-,21-,24-/m0/s1. The Morgan fingerprint density at radius 3 is 2.69 bits per heavy atom. The van der Waals surface area contributed by atoms with Crippen molar-refractivity contribution in [1.29, 1.82) is 0 Å². The van der Waals surface area contributed by atoms with Gasteiger partial charge in [-0.25, -0.2) is 9.78 Å². The molecular weight excluding hydrogens is 468 g/mol. The molecule has 2 heterocycles. The molecule has 4 atom stereocenters. The number of hydrogen-bond donors (Lipinski definition) is 2. The lowest BCUT2D eigenvalue weighted by atomic mass is 10.1. The van der Waals surface area contributed by atoms with Gasteiger partial charge in [-0.15, -0.1) is 0 Å². The molecule has 1 aromatic carbocycles. The number of aromatic nitrogens is 1. The van der Waals surface area contributed by atoms with Crippen molar-refractivity contribution in [3.8, 4) is 17.2 Å².